The average molecular weight is 319 g/mol. The fraction of sp³-hybridized carbons (Fsp3) is 0. The Morgan fingerprint density at radius 3 is 2.35 bits per heavy atom. The van der Waals surface area contributed by atoms with E-state index in [4.69, 9.17) is 0 Å². The van der Waals surface area contributed by atoms with Crippen molar-refractivity contribution in [3.63, 3.8) is 0 Å². The maximum Gasteiger partial charge on any atom is 0.254 e. The van der Waals surface area contributed by atoms with Crippen molar-refractivity contribution in [2.45, 2.75) is 0 Å². The summed E-state index contributed by atoms with van der Waals surface area (Å²) in [6.07, 6.45) is 3.52. The van der Waals surface area contributed by atoms with E-state index in [9.17, 15) is 0 Å². The molecule has 0 saturated carbocycles. The monoisotopic (exact) mass is 319 g/mol. The summed E-state index contributed by atoms with van der Waals surface area (Å²) < 4.78 is 0. The molecular weight excluding hydrogens is 306 g/mol. The molecule has 1 aromatic carbocycles. The highest BCUT2D eigenvalue weighted by Crippen LogP contribution is 2.20. The Hall–Kier alpha value is -2.99. The molecule has 3 rings (SSSR count). The number of hydrogen-bond acceptors (Lipinski definition) is 6. The molecule has 0 atom stereocenters. The van der Waals surface area contributed by atoms with Crippen LogP contribution in [-0.4, -0.2) is 27.9 Å². The highest BCUT2D eigenvalue weighted by atomic mass is 32.1. The van der Waals surface area contributed by atoms with Gasteiger partial charge in [0.2, 0.25) is 0 Å². The van der Waals surface area contributed by atoms with E-state index in [1.54, 1.807) is 23.6 Å². The van der Waals surface area contributed by atoms with Gasteiger partial charge in [0.25, 0.3) is 11.9 Å². The lowest BCUT2D eigenvalue weighted by Crippen LogP contribution is -1.92. The molecule has 5 nitrogen and oxygen atoms in total. The maximum atomic E-state index is 4.37. The molecule has 3 aromatic rings. The van der Waals surface area contributed by atoms with Gasteiger partial charge >= 0.3 is 0 Å². The van der Waals surface area contributed by atoms with Gasteiger partial charge in [-0.25, -0.2) is 9.98 Å². The quantitative estimate of drug-likeness (QED) is 0.658. The van der Waals surface area contributed by atoms with Crippen LogP contribution in [0.25, 0.3) is 17.5 Å². The van der Waals surface area contributed by atoms with Crippen LogP contribution < -0.4 is 0 Å². The predicted molar refractivity (Wildman–Crippen MR) is 96.1 cm³/mol. The molecule has 0 aliphatic heterocycles. The second-order valence-corrected chi connectivity index (χ2v) is 5.63. The molecule has 0 unspecified atom stereocenters. The molecular formula is C17H13N5S. The lowest BCUT2D eigenvalue weighted by atomic mass is 10.2. The summed E-state index contributed by atoms with van der Waals surface area (Å²) in [5, 5.41) is 0. The van der Waals surface area contributed by atoms with Gasteiger partial charge in [-0.1, -0.05) is 43.0 Å². The normalized spacial score (nSPS) is 10.8. The van der Waals surface area contributed by atoms with Crippen molar-refractivity contribution >= 4 is 42.2 Å². The first-order chi connectivity index (χ1) is 11.3. The largest absolute Gasteiger partial charge is 0.254 e. The fourth-order valence-corrected chi connectivity index (χ4v) is 2.60. The number of hydrogen-bond donors (Lipinski definition) is 0. The van der Waals surface area contributed by atoms with Gasteiger partial charge in [0.1, 0.15) is 0 Å². The van der Waals surface area contributed by atoms with Crippen molar-refractivity contribution in [1.29, 1.82) is 0 Å². The van der Waals surface area contributed by atoms with Gasteiger partial charge in [-0.3, -0.25) is 0 Å². The Bertz CT molecular complexity index is 868. The van der Waals surface area contributed by atoms with Crippen LogP contribution in [0.5, 0.6) is 0 Å². The van der Waals surface area contributed by atoms with Crippen LogP contribution in [0.1, 0.15) is 9.75 Å². The van der Waals surface area contributed by atoms with Crippen molar-refractivity contribution in [2.24, 2.45) is 9.98 Å². The maximum absolute atomic E-state index is 4.37. The Kier molecular flexibility index (Phi) is 4.44. The molecule has 0 amide bonds. The minimum atomic E-state index is 0.254. The van der Waals surface area contributed by atoms with Crippen LogP contribution >= 0.6 is 11.3 Å². The Labute approximate surface area is 137 Å². The minimum Gasteiger partial charge on any atom is -0.228 e. The number of aromatic nitrogens is 3. The second kappa shape index (κ2) is 6.85. The molecule has 0 aliphatic carbocycles. The summed E-state index contributed by atoms with van der Waals surface area (Å²) in [6, 6.07) is 13.6. The van der Waals surface area contributed by atoms with E-state index in [1.165, 1.54) is 0 Å². The van der Waals surface area contributed by atoms with E-state index < -0.39 is 0 Å². The molecule has 0 N–H and O–H groups in total. The van der Waals surface area contributed by atoms with Crippen LogP contribution in [0, 0.1) is 0 Å². The summed E-state index contributed by atoms with van der Waals surface area (Å²) in [5.74, 6) is 1.08. The van der Waals surface area contributed by atoms with Gasteiger partial charge in [0.15, 0.2) is 5.82 Å². The van der Waals surface area contributed by atoms with Crippen LogP contribution in [-0.2, 0) is 0 Å². The van der Waals surface area contributed by atoms with E-state index in [2.05, 4.69) is 38.2 Å². The average Bonchev–Trinajstić information content (AvgIpc) is 3.08. The third-order valence-electron chi connectivity index (χ3n) is 2.94. The number of rotatable bonds is 5. The topological polar surface area (TPSA) is 63.4 Å². The van der Waals surface area contributed by atoms with E-state index in [1.807, 2.05) is 42.5 Å². The van der Waals surface area contributed by atoms with Gasteiger partial charge < -0.3 is 0 Å². The van der Waals surface area contributed by atoms with E-state index in [-0.39, 0.29) is 5.95 Å². The zero-order valence-electron chi connectivity index (χ0n) is 12.3. The summed E-state index contributed by atoms with van der Waals surface area (Å²) >= 11 is 1.59. The molecule has 2 aromatic heterocycles. The second-order valence-electron chi connectivity index (χ2n) is 4.49. The van der Waals surface area contributed by atoms with Crippen LogP contribution in [0.2, 0.25) is 0 Å². The van der Waals surface area contributed by atoms with Crippen molar-refractivity contribution in [3.8, 4) is 11.4 Å². The first kappa shape index (κ1) is 14.9. The molecule has 0 aliphatic rings. The van der Waals surface area contributed by atoms with Gasteiger partial charge in [0.05, 0.1) is 0 Å². The number of benzene rings is 1. The number of nitrogens with zero attached hydrogens (tertiary/aromatic N) is 5. The van der Waals surface area contributed by atoms with Crippen molar-refractivity contribution in [2.75, 3.05) is 0 Å². The third-order valence-corrected chi connectivity index (χ3v) is 3.96. The Balaban J connectivity index is 1.95. The Morgan fingerprint density at radius 2 is 1.65 bits per heavy atom. The van der Waals surface area contributed by atoms with Crippen molar-refractivity contribution in [3.05, 3.63) is 58.8 Å². The lowest BCUT2D eigenvalue weighted by molar-refractivity contribution is 1.04. The minimum absolute atomic E-state index is 0.254. The summed E-state index contributed by atoms with van der Waals surface area (Å²) in [6.45, 7) is 7.22. The zero-order valence-corrected chi connectivity index (χ0v) is 13.1. The van der Waals surface area contributed by atoms with Crippen LogP contribution in [0.15, 0.2) is 59.0 Å². The first-order valence-corrected chi connectivity index (χ1v) is 7.64. The van der Waals surface area contributed by atoms with Crippen molar-refractivity contribution < 1.29 is 0 Å². The molecule has 23 heavy (non-hydrogen) atoms. The molecule has 6 heteroatoms. The predicted octanol–water partition coefficient (Wildman–Crippen LogP) is 4.33. The first-order valence-electron chi connectivity index (χ1n) is 6.83. The molecule has 0 radical (unpaired) electrons. The van der Waals surface area contributed by atoms with Gasteiger partial charge in [-0.15, -0.1) is 11.3 Å². The number of thiophene rings is 1. The van der Waals surface area contributed by atoms with Crippen molar-refractivity contribution in [1.82, 2.24) is 15.0 Å². The van der Waals surface area contributed by atoms with E-state index in [0.717, 1.165) is 15.3 Å². The summed E-state index contributed by atoms with van der Waals surface area (Å²) in [4.78, 5) is 23.0. The molecule has 2 heterocycles. The van der Waals surface area contributed by atoms with Gasteiger partial charge in [-0.05, 0) is 18.9 Å². The summed E-state index contributed by atoms with van der Waals surface area (Å²) in [7, 11) is 0. The van der Waals surface area contributed by atoms with E-state index in [0.29, 0.717) is 11.8 Å². The molecule has 112 valence electrons. The molecule has 0 fully saturated rings. The fourth-order valence-electron chi connectivity index (χ4n) is 1.87. The zero-order chi connectivity index (χ0) is 16.1. The summed E-state index contributed by atoms with van der Waals surface area (Å²) in [5.41, 5.74) is 0.876. The van der Waals surface area contributed by atoms with Gasteiger partial charge in [0, 0.05) is 21.5 Å². The van der Waals surface area contributed by atoms with Crippen LogP contribution in [0.3, 0.4) is 0 Å². The van der Waals surface area contributed by atoms with Crippen LogP contribution in [0.4, 0.5) is 11.9 Å². The molecule has 0 bridgehead atoms. The SMILES string of the molecule is C=Cc1ccc(C=Nc2nc(N=C)nc(-c3ccccc3)n2)s1. The Morgan fingerprint density at radius 1 is 0.913 bits per heavy atom. The lowest BCUT2D eigenvalue weighted by Gasteiger charge is -2.01. The standard InChI is InChI=1S/C17H13N5S/c1-3-13-9-10-14(23-13)11-19-17-21-15(20-16(18-2)22-17)12-7-5-4-6-8-12/h3-11H,1-2H2. The smallest absolute Gasteiger partial charge is 0.228 e. The highest BCUT2D eigenvalue weighted by Gasteiger charge is 2.06. The molecule has 0 spiro atoms. The third kappa shape index (κ3) is 3.61. The molecule has 0 saturated heterocycles. The number of aliphatic imine (C=N–C) groups is 2. The van der Waals surface area contributed by atoms with E-state index >= 15 is 0 Å². The highest BCUT2D eigenvalue weighted by molar-refractivity contribution is 7.14. The van der Waals surface area contributed by atoms with Gasteiger partial charge in [-0.2, -0.15) is 15.0 Å².